The van der Waals surface area contributed by atoms with Crippen LogP contribution >= 0.6 is 0 Å². The summed E-state index contributed by atoms with van der Waals surface area (Å²) >= 11 is 0. The summed E-state index contributed by atoms with van der Waals surface area (Å²) < 4.78 is 50.9. The SMILES string of the molecule is C=C(/C=C(\CC)OCc1cc(C)cc(OC(F)(F)F)c1)C(=O)OC. The third-order valence-corrected chi connectivity index (χ3v) is 2.90. The summed E-state index contributed by atoms with van der Waals surface area (Å²) in [5.74, 6) is -0.423. The summed E-state index contributed by atoms with van der Waals surface area (Å²) in [5.41, 5.74) is 1.24. The highest BCUT2D eigenvalue weighted by atomic mass is 19.4. The highest BCUT2D eigenvalue weighted by Crippen LogP contribution is 2.25. The molecule has 7 heteroatoms. The summed E-state index contributed by atoms with van der Waals surface area (Å²) in [6.07, 6.45) is -2.83. The summed E-state index contributed by atoms with van der Waals surface area (Å²) in [4.78, 5) is 11.3. The van der Waals surface area contributed by atoms with Gasteiger partial charge in [0, 0.05) is 6.42 Å². The molecule has 0 aliphatic heterocycles. The molecule has 0 spiro atoms. The van der Waals surface area contributed by atoms with Crippen LogP contribution in [0.2, 0.25) is 0 Å². The van der Waals surface area contributed by atoms with Gasteiger partial charge in [0.05, 0.1) is 18.4 Å². The first-order valence-electron chi connectivity index (χ1n) is 7.11. The molecule has 1 aromatic carbocycles. The lowest BCUT2D eigenvalue weighted by molar-refractivity contribution is -0.274. The monoisotopic (exact) mass is 344 g/mol. The minimum Gasteiger partial charge on any atom is -0.493 e. The van der Waals surface area contributed by atoms with Gasteiger partial charge in [-0.1, -0.05) is 19.6 Å². The van der Waals surface area contributed by atoms with Crippen LogP contribution < -0.4 is 4.74 Å². The van der Waals surface area contributed by atoms with E-state index >= 15 is 0 Å². The first kappa shape index (κ1) is 19.6. The lowest BCUT2D eigenvalue weighted by Gasteiger charge is -2.13. The Morgan fingerprint density at radius 2 is 1.96 bits per heavy atom. The lowest BCUT2D eigenvalue weighted by atomic mass is 10.1. The molecule has 0 unspecified atom stereocenters. The van der Waals surface area contributed by atoms with Gasteiger partial charge < -0.3 is 14.2 Å². The third kappa shape index (κ3) is 6.76. The number of halogens is 3. The summed E-state index contributed by atoms with van der Waals surface area (Å²) in [5, 5.41) is 0. The van der Waals surface area contributed by atoms with Gasteiger partial charge in [-0.3, -0.25) is 0 Å². The number of hydrogen-bond donors (Lipinski definition) is 0. The fourth-order valence-electron chi connectivity index (χ4n) is 1.91. The second-order valence-electron chi connectivity index (χ2n) is 4.97. The second-order valence-corrected chi connectivity index (χ2v) is 4.97. The van der Waals surface area contributed by atoms with Crippen LogP contribution in [0.1, 0.15) is 24.5 Å². The van der Waals surface area contributed by atoms with E-state index < -0.39 is 12.3 Å². The van der Waals surface area contributed by atoms with Gasteiger partial charge in [0.2, 0.25) is 0 Å². The van der Waals surface area contributed by atoms with Crippen LogP contribution in [0.3, 0.4) is 0 Å². The molecule has 132 valence electrons. The predicted octanol–water partition coefficient (Wildman–Crippen LogP) is 4.43. The van der Waals surface area contributed by atoms with Gasteiger partial charge in [0.15, 0.2) is 0 Å². The first-order valence-corrected chi connectivity index (χ1v) is 7.11. The molecular weight excluding hydrogens is 325 g/mol. The van der Waals surface area contributed by atoms with E-state index in [2.05, 4.69) is 16.1 Å². The van der Waals surface area contributed by atoms with Crippen molar-refractivity contribution in [1.29, 1.82) is 0 Å². The van der Waals surface area contributed by atoms with Gasteiger partial charge in [0.1, 0.15) is 12.4 Å². The zero-order valence-electron chi connectivity index (χ0n) is 13.7. The van der Waals surface area contributed by atoms with Crippen molar-refractivity contribution in [2.75, 3.05) is 7.11 Å². The molecule has 0 radical (unpaired) electrons. The van der Waals surface area contributed by atoms with Crippen molar-refractivity contribution in [3.63, 3.8) is 0 Å². The summed E-state index contributed by atoms with van der Waals surface area (Å²) in [6, 6.07) is 4.22. The zero-order valence-corrected chi connectivity index (χ0v) is 13.7. The fraction of sp³-hybridized carbons (Fsp3) is 0.353. The van der Waals surface area contributed by atoms with Crippen molar-refractivity contribution >= 4 is 5.97 Å². The Kier molecular flexibility index (Phi) is 6.88. The molecule has 0 heterocycles. The smallest absolute Gasteiger partial charge is 0.493 e. The molecule has 0 saturated heterocycles. The van der Waals surface area contributed by atoms with Crippen LogP contribution in [0.15, 0.2) is 42.2 Å². The van der Waals surface area contributed by atoms with Crippen molar-refractivity contribution in [2.45, 2.75) is 33.2 Å². The third-order valence-electron chi connectivity index (χ3n) is 2.90. The number of alkyl halides is 3. The number of methoxy groups -OCH3 is 1. The van der Waals surface area contributed by atoms with E-state index in [0.717, 1.165) is 0 Å². The normalized spacial score (nSPS) is 11.8. The second kappa shape index (κ2) is 8.42. The molecule has 0 aliphatic rings. The number of hydrogen-bond acceptors (Lipinski definition) is 4. The number of aryl methyl sites for hydroxylation is 1. The Labute approximate surface area is 138 Å². The van der Waals surface area contributed by atoms with E-state index in [1.165, 1.54) is 25.3 Å². The molecule has 0 atom stereocenters. The van der Waals surface area contributed by atoms with E-state index in [9.17, 15) is 18.0 Å². The van der Waals surface area contributed by atoms with Crippen LogP contribution in [0.5, 0.6) is 5.75 Å². The summed E-state index contributed by atoms with van der Waals surface area (Å²) in [7, 11) is 1.24. The maximum Gasteiger partial charge on any atom is 0.573 e. The van der Waals surface area contributed by atoms with Gasteiger partial charge >= 0.3 is 12.3 Å². The average molecular weight is 344 g/mol. The number of rotatable bonds is 7. The number of carbonyl (C=O) groups is 1. The van der Waals surface area contributed by atoms with E-state index in [4.69, 9.17) is 4.74 Å². The molecule has 0 aromatic heterocycles. The van der Waals surface area contributed by atoms with Crippen LogP contribution in [0.4, 0.5) is 13.2 Å². The maximum absolute atomic E-state index is 12.3. The van der Waals surface area contributed by atoms with E-state index in [-0.39, 0.29) is 17.9 Å². The average Bonchev–Trinajstić information content (AvgIpc) is 2.47. The number of carbonyl (C=O) groups excluding carboxylic acids is 1. The molecule has 1 aromatic rings. The largest absolute Gasteiger partial charge is 0.573 e. The van der Waals surface area contributed by atoms with Crippen molar-refractivity contribution in [2.24, 2.45) is 0 Å². The minimum atomic E-state index is -4.75. The molecule has 0 amide bonds. The quantitative estimate of drug-likeness (QED) is 0.318. The Hall–Kier alpha value is -2.44. The van der Waals surface area contributed by atoms with E-state index in [1.807, 2.05) is 6.92 Å². The van der Waals surface area contributed by atoms with Crippen LogP contribution in [0.25, 0.3) is 0 Å². The Morgan fingerprint density at radius 1 is 1.29 bits per heavy atom. The van der Waals surface area contributed by atoms with Gasteiger partial charge in [0.25, 0.3) is 0 Å². The van der Waals surface area contributed by atoms with Crippen molar-refractivity contribution in [1.82, 2.24) is 0 Å². The highest BCUT2D eigenvalue weighted by Gasteiger charge is 2.31. The van der Waals surface area contributed by atoms with Crippen molar-refractivity contribution in [3.8, 4) is 5.75 Å². The van der Waals surface area contributed by atoms with Crippen LogP contribution in [0, 0.1) is 6.92 Å². The van der Waals surface area contributed by atoms with Crippen molar-refractivity contribution in [3.05, 3.63) is 53.3 Å². The van der Waals surface area contributed by atoms with E-state index in [0.29, 0.717) is 23.3 Å². The fourth-order valence-corrected chi connectivity index (χ4v) is 1.91. The molecule has 1 rings (SSSR count). The minimum absolute atomic E-state index is 0.0318. The van der Waals surface area contributed by atoms with Gasteiger partial charge in [-0.05, 0) is 36.3 Å². The Morgan fingerprint density at radius 3 is 2.50 bits per heavy atom. The number of ether oxygens (including phenoxy) is 3. The van der Waals surface area contributed by atoms with Crippen LogP contribution in [-0.2, 0) is 20.9 Å². The Bertz CT molecular complexity index is 633. The molecule has 0 saturated carbocycles. The topological polar surface area (TPSA) is 44.8 Å². The molecule has 4 nitrogen and oxygen atoms in total. The van der Waals surface area contributed by atoms with E-state index in [1.54, 1.807) is 13.0 Å². The number of allylic oxidation sites excluding steroid dienone is 1. The number of benzene rings is 1. The Balaban J connectivity index is 2.83. The molecule has 0 aliphatic carbocycles. The highest BCUT2D eigenvalue weighted by molar-refractivity contribution is 5.90. The predicted molar refractivity (Wildman–Crippen MR) is 82.2 cm³/mol. The lowest BCUT2D eigenvalue weighted by Crippen LogP contribution is -2.17. The molecule has 0 bridgehead atoms. The maximum atomic E-state index is 12.3. The molecule has 0 fully saturated rings. The number of esters is 1. The molecule has 24 heavy (non-hydrogen) atoms. The van der Waals surface area contributed by atoms with Crippen LogP contribution in [-0.4, -0.2) is 19.4 Å². The summed E-state index contributed by atoms with van der Waals surface area (Å²) in [6.45, 7) is 7.06. The zero-order chi connectivity index (χ0) is 18.3. The van der Waals surface area contributed by atoms with Gasteiger partial charge in [-0.2, -0.15) is 0 Å². The molecular formula is C17H19F3O4. The van der Waals surface area contributed by atoms with Crippen molar-refractivity contribution < 1.29 is 32.2 Å². The first-order chi connectivity index (χ1) is 11.1. The van der Waals surface area contributed by atoms with Gasteiger partial charge in [-0.15, -0.1) is 13.2 Å². The molecule has 0 N–H and O–H groups in total. The van der Waals surface area contributed by atoms with Gasteiger partial charge in [-0.25, -0.2) is 4.79 Å². The standard InChI is InChI=1S/C17H19F3O4/c1-5-14(8-12(3)16(21)22-4)23-10-13-6-11(2)7-15(9-13)24-17(18,19)20/h6-9H,3,5,10H2,1-2,4H3/b14-8+.